The Hall–Kier alpha value is -1.74. The summed E-state index contributed by atoms with van der Waals surface area (Å²) in [7, 11) is 0. The van der Waals surface area contributed by atoms with Crippen molar-refractivity contribution in [2.75, 3.05) is 0 Å². The number of carbonyl (C=O) groups excluding carboxylic acids is 1. The molecule has 84 valence electrons. The van der Waals surface area contributed by atoms with Crippen LogP contribution in [0.5, 0.6) is 0 Å². The molecule has 2 aromatic rings. The average molecular weight is 288 g/mol. The summed E-state index contributed by atoms with van der Waals surface area (Å²) in [5.41, 5.74) is 1.64. The number of pyridine rings is 1. The maximum Gasteiger partial charge on any atom is 0.185 e. The highest BCUT2D eigenvalue weighted by Crippen LogP contribution is 2.11. The molecule has 0 atom stereocenters. The van der Waals surface area contributed by atoms with Crippen LogP contribution in [0, 0.1) is 0 Å². The maximum absolute atomic E-state index is 11.8. The molecule has 3 heteroatoms. The number of aromatic nitrogens is 1. The molecule has 0 aliphatic rings. The van der Waals surface area contributed by atoms with Crippen LogP contribution in [0.1, 0.15) is 15.9 Å². The van der Waals surface area contributed by atoms with Crippen LogP contribution in [0.3, 0.4) is 0 Å². The molecule has 0 aliphatic heterocycles. The molecule has 0 fully saturated rings. The number of halogens is 1. The molecule has 2 nitrogen and oxygen atoms in total. The average Bonchev–Trinajstić information content (AvgIpc) is 2.38. The zero-order valence-corrected chi connectivity index (χ0v) is 10.6. The van der Waals surface area contributed by atoms with E-state index >= 15 is 0 Å². The molecular weight excluding hydrogens is 278 g/mol. The van der Waals surface area contributed by atoms with E-state index in [1.54, 1.807) is 36.7 Å². The van der Waals surface area contributed by atoms with Crippen molar-refractivity contribution in [3.63, 3.8) is 0 Å². The monoisotopic (exact) mass is 287 g/mol. The molecule has 0 saturated carbocycles. The lowest BCUT2D eigenvalue weighted by Crippen LogP contribution is -1.93. The zero-order chi connectivity index (χ0) is 12.1. The summed E-state index contributed by atoms with van der Waals surface area (Å²) < 4.78 is 0.965. The molecule has 0 spiro atoms. The van der Waals surface area contributed by atoms with Gasteiger partial charge in [-0.25, -0.2) is 0 Å². The Morgan fingerprint density at radius 1 is 1.06 bits per heavy atom. The van der Waals surface area contributed by atoms with Crippen LogP contribution in [-0.2, 0) is 0 Å². The van der Waals surface area contributed by atoms with Crippen LogP contribution >= 0.6 is 15.9 Å². The largest absolute Gasteiger partial charge is 0.289 e. The highest BCUT2D eigenvalue weighted by molar-refractivity contribution is 9.10. The van der Waals surface area contributed by atoms with Crippen molar-refractivity contribution < 1.29 is 4.79 Å². The van der Waals surface area contributed by atoms with E-state index in [0.29, 0.717) is 5.56 Å². The smallest absolute Gasteiger partial charge is 0.185 e. The first-order chi connectivity index (χ1) is 8.25. The first-order valence-electron chi connectivity index (χ1n) is 5.14. The van der Waals surface area contributed by atoms with Gasteiger partial charge >= 0.3 is 0 Å². The first-order valence-corrected chi connectivity index (χ1v) is 5.93. The van der Waals surface area contributed by atoms with Crippen molar-refractivity contribution in [3.05, 3.63) is 70.5 Å². The van der Waals surface area contributed by atoms with Crippen LogP contribution in [0.4, 0.5) is 0 Å². The molecule has 0 N–H and O–H groups in total. The number of rotatable bonds is 3. The predicted molar refractivity (Wildman–Crippen MR) is 71.7 cm³/mol. The fourth-order valence-corrected chi connectivity index (χ4v) is 1.62. The van der Waals surface area contributed by atoms with E-state index in [1.165, 1.54) is 0 Å². The van der Waals surface area contributed by atoms with Crippen molar-refractivity contribution in [3.8, 4) is 0 Å². The van der Waals surface area contributed by atoms with Gasteiger partial charge in [-0.3, -0.25) is 9.78 Å². The molecular formula is C14H10BrNO. The van der Waals surface area contributed by atoms with Crippen molar-refractivity contribution in [2.45, 2.75) is 0 Å². The highest BCUT2D eigenvalue weighted by Gasteiger charge is 2.00. The summed E-state index contributed by atoms with van der Waals surface area (Å²) in [5.74, 6) is -0.00527. The molecule has 0 aliphatic carbocycles. The number of allylic oxidation sites excluding steroid dienone is 1. The summed E-state index contributed by atoms with van der Waals surface area (Å²) in [6.45, 7) is 0. The number of hydrogen-bond donors (Lipinski definition) is 0. The third kappa shape index (κ3) is 3.36. The van der Waals surface area contributed by atoms with Crippen molar-refractivity contribution >= 4 is 27.8 Å². The Bertz CT molecular complexity index is 532. The minimum atomic E-state index is -0.00527. The number of carbonyl (C=O) groups is 1. The summed E-state index contributed by atoms with van der Waals surface area (Å²) in [5, 5.41) is 0. The van der Waals surface area contributed by atoms with E-state index in [2.05, 4.69) is 20.9 Å². The molecule has 0 radical (unpaired) electrons. The molecule has 17 heavy (non-hydrogen) atoms. The topological polar surface area (TPSA) is 30.0 Å². The van der Waals surface area contributed by atoms with Gasteiger partial charge in [-0.2, -0.15) is 0 Å². The summed E-state index contributed by atoms with van der Waals surface area (Å²) >= 11 is 3.33. The number of benzene rings is 1. The molecule has 1 aromatic heterocycles. The number of ketones is 1. The lowest BCUT2D eigenvalue weighted by atomic mass is 10.1. The molecule has 2 rings (SSSR count). The Morgan fingerprint density at radius 3 is 2.35 bits per heavy atom. The van der Waals surface area contributed by atoms with E-state index in [1.807, 2.05) is 24.3 Å². The Kier molecular flexibility index (Phi) is 3.83. The van der Waals surface area contributed by atoms with Gasteiger partial charge in [0.15, 0.2) is 5.78 Å². The highest BCUT2D eigenvalue weighted by atomic mass is 79.9. The van der Waals surface area contributed by atoms with Gasteiger partial charge in [0.05, 0.1) is 0 Å². The second-order valence-electron chi connectivity index (χ2n) is 3.49. The van der Waals surface area contributed by atoms with Gasteiger partial charge in [-0.1, -0.05) is 22.0 Å². The Morgan fingerprint density at radius 2 is 1.71 bits per heavy atom. The van der Waals surface area contributed by atoms with E-state index in [9.17, 15) is 4.79 Å². The molecule has 0 bridgehead atoms. The minimum absolute atomic E-state index is 0.00527. The zero-order valence-electron chi connectivity index (χ0n) is 9.01. The standard InChI is InChI=1S/C14H10BrNO/c15-13-4-2-12(3-5-13)14(17)6-1-11-7-9-16-10-8-11/h1-10H/b6-1+. The lowest BCUT2D eigenvalue weighted by Gasteiger charge is -1.96. The van der Waals surface area contributed by atoms with Gasteiger partial charge in [0.1, 0.15) is 0 Å². The van der Waals surface area contributed by atoms with Crippen molar-refractivity contribution in [1.29, 1.82) is 0 Å². The van der Waals surface area contributed by atoms with Crippen LogP contribution in [0.25, 0.3) is 6.08 Å². The third-order valence-electron chi connectivity index (χ3n) is 2.26. The van der Waals surface area contributed by atoms with Gasteiger partial charge in [0, 0.05) is 22.4 Å². The molecule has 0 saturated heterocycles. The molecule has 0 amide bonds. The Labute approximate surface area is 108 Å². The van der Waals surface area contributed by atoms with Gasteiger partial charge < -0.3 is 0 Å². The second kappa shape index (κ2) is 5.55. The van der Waals surface area contributed by atoms with Crippen LogP contribution in [0.2, 0.25) is 0 Å². The number of nitrogens with zero attached hydrogens (tertiary/aromatic N) is 1. The van der Waals surface area contributed by atoms with E-state index < -0.39 is 0 Å². The van der Waals surface area contributed by atoms with Crippen LogP contribution in [0.15, 0.2) is 59.3 Å². The lowest BCUT2D eigenvalue weighted by molar-refractivity contribution is 0.104. The second-order valence-corrected chi connectivity index (χ2v) is 4.40. The molecule has 1 heterocycles. The quantitative estimate of drug-likeness (QED) is 0.636. The maximum atomic E-state index is 11.8. The van der Waals surface area contributed by atoms with Crippen LogP contribution < -0.4 is 0 Å². The minimum Gasteiger partial charge on any atom is -0.289 e. The summed E-state index contributed by atoms with van der Waals surface area (Å²) in [6.07, 6.45) is 6.75. The third-order valence-corrected chi connectivity index (χ3v) is 2.79. The fourth-order valence-electron chi connectivity index (χ4n) is 1.36. The normalized spacial score (nSPS) is 10.6. The van der Waals surface area contributed by atoms with E-state index in [0.717, 1.165) is 10.0 Å². The number of hydrogen-bond acceptors (Lipinski definition) is 2. The fraction of sp³-hybridized carbons (Fsp3) is 0. The van der Waals surface area contributed by atoms with Crippen molar-refractivity contribution in [1.82, 2.24) is 4.98 Å². The van der Waals surface area contributed by atoms with Crippen LogP contribution in [-0.4, -0.2) is 10.8 Å². The Balaban J connectivity index is 2.12. The van der Waals surface area contributed by atoms with Gasteiger partial charge in [-0.15, -0.1) is 0 Å². The molecule has 1 aromatic carbocycles. The molecule has 0 unspecified atom stereocenters. The van der Waals surface area contributed by atoms with E-state index in [-0.39, 0.29) is 5.78 Å². The summed E-state index contributed by atoms with van der Waals surface area (Å²) in [6, 6.07) is 11.0. The van der Waals surface area contributed by atoms with Gasteiger partial charge in [-0.05, 0) is 48.0 Å². The van der Waals surface area contributed by atoms with E-state index in [4.69, 9.17) is 0 Å². The summed E-state index contributed by atoms with van der Waals surface area (Å²) in [4.78, 5) is 15.7. The SMILES string of the molecule is O=C(/C=C/c1ccncc1)c1ccc(Br)cc1. The van der Waals surface area contributed by atoms with Crippen molar-refractivity contribution in [2.24, 2.45) is 0 Å². The predicted octanol–water partition coefficient (Wildman–Crippen LogP) is 3.74. The van der Waals surface area contributed by atoms with Gasteiger partial charge in [0.25, 0.3) is 0 Å². The van der Waals surface area contributed by atoms with Gasteiger partial charge in [0.2, 0.25) is 0 Å². The first kappa shape index (κ1) is 11.7.